The average molecular weight is 1910 g/mol. The van der Waals surface area contributed by atoms with Crippen LogP contribution in [0.5, 0.6) is 0 Å². The Kier molecular flexibility index (Phi) is 21.0. The van der Waals surface area contributed by atoms with Crippen molar-refractivity contribution in [1.82, 2.24) is 58.6 Å². The van der Waals surface area contributed by atoms with Crippen molar-refractivity contribution in [3.63, 3.8) is 0 Å². The van der Waals surface area contributed by atoms with Crippen LogP contribution in [0.25, 0.3) is 272 Å². The Morgan fingerprint density at radius 2 is 0.423 bits per heavy atom. The maximum absolute atomic E-state index is 8.60. The number of para-hydroxylation sites is 3. The van der Waals surface area contributed by atoms with Gasteiger partial charge >= 0.3 is 0 Å². The normalized spacial score (nSPS) is 12.0. The summed E-state index contributed by atoms with van der Waals surface area (Å²) in [5, 5.41) is 18.0. The number of nitrogens with zero attached hydrogens (tertiary/aromatic N) is 12. The smallest absolute Gasteiger partial charge is 0.164 e. The van der Waals surface area contributed by atoms with Gasteiger partial charge in [-0.1, -0.05) is 449 Å². The highest BCUT2D eigenvalue weighted by Crippen LogP contribution is 2.47. The molecule has 23 aromatic carbocycles. The number of fused-ring (bicyclic) bond motifs is 14. The molecule has 29 rings (SSSR count). The molecule has 0 saturated heterocycles. The van der Waals surface area contributed by atoms with E-state index in [1.165, 1.54) is 71.0 Å². The second kappa shape index (κ2) is 37.9. The molecule has 0 spiro atoms. The summed E-state index contributed by atoms with van der Waals surface area (Å²) in [6.07, 6.45) is 0. The molecular formula is C137H88N12. The fraction of sp³-hybridized carbons (Fsp3) is 0. The van der Waals surface area contributed by atoms with Crippen molar-refractivity contribution < 1.29 is 6.85 Å². The maximum Gasteiger partial charge on any atom is 0.164 e. The van der Waals surface area contributed by atoms with Gasteiger partial charge in [-0.2, -0.15) is 0 Å². The monoisotopic (exact) mass is 1910 g/mol. The quantitative estimate of drug-likeness (QED) is 0.0984. The van der Waals surface area contributed by atoms with Crippen LogP contribution in [0.15, 0.2) is 534 Å². The summed E-state index contributed by atoms with van der Waals surface area (Å²) in [5.74, 6) is 5.63. The third-order valence-corrected chi connectivity index (χ3v) is 28.2. The first kappa shape index (κ1) is 82.4. The molecule has 0 fully saturated rings. The first-order chi connectivity index (χ1) is 76.0. The summed E-state index contributed by atoms with van der Waals surface area (Å²) in [7, 11) is 0. The fourth-order valence-electron chi connectivity index (χ4n) is 21.2. The van der Waals surface area contributed by atoms with E-state index in [0.29, 0.717) is 58.0 Å². The van der Waals surface area contributed by atoms with Crippen LogP contribution < -0.4 is 0 Å². The van der Waals surface area contributed by atoms with Gasteiger partial charge in [0.25, 0.3) is 0 Å². The molecule has 0 radical (unpaired) electrons. The summed E-state index contributed by atoms with van der Waals surface area (Å²) in [6.45, 7) is 0. The lowest BCUT2D eigenvalue weighted by atomic mass is 9.97. The van der Waals surface area contributed by atoms with E-state index < -0.39 is 6.04 Å². The third kappa shape index (κ3) is 16.2. The molecule has 0 unspecified atom stereocenters. The Balaban J connectivity index is 0.000000113. The third-order valence-electron chi connectivity index (χ3n) is 28.2. The molecule has 149 heavy (non-hydrogen) atoms. The molecule has 29 aromatic rings. The first-order valence-electron chi connectivity index (χ1n) is 52.3. The van der Waals surface area contributed by atoms with Gasteiger partial charge in [-0.05, 0) is 156 Å². The predicted octanol–water partition coefficient (Wildman–Crippen LogP) is 34.7. The minimum Gasteiger partial charge on any atom is -0.309 e. The molecule has 6 aromatic heterocycles. The summed E-state index contributed by atoms with van der Waals surface area (Å²) in [4.78, 5) is 45.3. The lowest BCUT2D eigenvalue weighted by molar-refractivity contribution is 1.07. The molecule has 0 atom stereocenters. The molecule has 0 amide bonds. The summed E-state index contributed by atoms with van der Waals surface area (Å²) in [5.41, 5.74) is 23.6. The van der Waals surface area contributed by atoms with Gasteiger partial charge in [0, 0.05) is 98.5 Å². The molecule has 12 heteroatoms. The van der Waals surface area contributed by atoms with Crippen LogP contribution in [0.3, 0.4) is 0 Å². The van der Waals surface area contributed by atoms with E-state index in [1.807, 2.05) is 194 Å². The van der Waals surface area contributed by atoms with Crippen LogP contribution in [0, 0.1) is 0 Å². The fourth-order valence-corrected chi connectivity index (χ4v) is 21.2. The number of hydrogen-bond donors (Lipinski definition) is 0. The van der Waals surface area contributed by atoms with Crippen molar-refractivity contribution in [3.8, 4) is 153 Å². The van der Waals surface area contributed by atoms with E-state index in [-0.39, 0.29) is 29.7 Å². The highest BCUT2D eigenvalue weighted by molar-refractivity contribution is 6.17. The predicted molar refractivity (Wildman–Crippen MR) is 615 cm³/mol. The summed E-state index contributed by atoms with van der Waals surface area (Å²) < 4.78 is 48.8. The molecule has 0 saturated carbocycles. The zero-order valence-corrected chi connectivity index (χ0v) is 80.3. The number of aromatic nitrogens is 12. The molecule has 696 valence electrons. The molecule has 0 aliphatic rings. The van der Waals surface area contributed by atoms with Crippen LogP contribution >= 0.6 is 0 Å². The second-order valence-corrected chi connectivity index (χ2v) is 37.0. The molecule has 0 aliphatic carbocycles. The molecular weight excluding hydrogens is 1810 g/mol. The van der Waals surface area contributed by atoms with Crippen LogP contribution in [-0.2, 0) is 0 Å². The van der Waals surface area contributed by atoms with Gasteiger partial charge in [0.05, 0.1) is 57.0 Å². The minimum absolute atomic E-state index is 0.182. The van der Waals surface area contributed by atoms with Crippen molar-refractivity contribution in [2.75, 3.05) is 0 Å². The van der Waals surface area contributed by atoms with Gasteiger partial charge in [-0.15, -0.1) is 0 Å². The van der Waals surface area contributed by atoms with Gasteiger partial charge in [0.15, 0.2) is 52.4 Å². The first-order valence-corrected chi connectivity index (χ1v) is 49.8. The largest absolute Gasteiger partial charge is 0.309 e. The number of hydrogen-bond acceptors (Lipinski definition) is 9. The maximum atomic E-state index is 8.60. The van der Waals surface area contributed by atoms with Crippen LogP contribution in [0.2, 0.25) is 0 Å². The van der Waals surface area contributed by atoms with Gasteiger partial charge in [0.2, 0.25) is 0 Å². The standard InChI is InChI=1S/C53H34N4.C43H28N4.C41H26N4/c1-4-15-35(16-5-1)39-27-29-45-46-30-28-40(42-26-14-22-36-17-10-11-23-41(36)42)34-50(46)57(49(45)33-39)48-32-31-47(43-24-12-13-25-44(43)48)53-55-51(37-18-6-2-7-19-37)54-52(56-53)38-20-8-3-9-21-38;1-4-14-29(15-5-1)32-24-26-40-37(28-32)35-22-12-13-23-38(35)47(40)39-27-25-36(33-20-10-11-21-34(33)39)43-45-41(30-16-6-2-7-17-30)44-42(46-43)31-18-8-3-9-19-31;1-2-13-28(14-3-1)39-42-40(30-23-22-27-12-4-5-15-29(27)26-30)44-41(43-39)35-24-25-38(32-17-7-6-16-31(32)35)45-36-20-10-8-18-33(36)34-19-9-11-21-37(34)45/h1-34H;1-28H;1-26H/i;1D,4D,5D,14D,15D;. The Hall–Kier alpha value is -20.2. The number of rotatable bonds is 15. The Morgan fingerprint density at radius 3 is 0.852 bits per heavy atom. The van der Waals surface area contributed by atoms with E-state index in [9.17, 15) is 0 Å². The van der Waals surface area contributed by atoms with E-state index >= 15 is 0 Å². The summed E-state index contributed by atoms with van der Waals surface area (Å²) >= 11 is 0. The molecule has 0 aliphatic heterocycles. The average Bonchev–Trinajstić information content (AvgIpc) is 1.56. The van der Waals surface area contributed by atoms with Crippen molar-refractivity contribution in [2.24, 2.45) is 0 Å². The molecule has 0 bridgehead atoms. The van der Waals surface area contributed by atoms with Gasteiger partial charge in [-0.25, -0.2) is 44.9 Å². The van der Waals surface area contributed by atoms with Crippen LogP contribution in [0.1, 0.15) is 6.85 Å². The van der Waals surface area contributed by atoms with Gasteiger partial charge in [-0.3, -0.25) is 0 Å². The SMILES string of the molecule is [2H]c1c([2H])c([2H])c(-c2ccc3c(c2)c2ccccc2n3-c2ccc(-c3nc(-c4ccccc4)nc(-c4ccccc4)n3)c3ccccc23)c([2H])c1[2H].c1ccc(-c2ccc3c4ccc(-c5cccc6ccccc56)cc4n(-c4ccc(-c5nc(-c6ccccc6)nc(-c6ccccc6)n5)c5ccccc45)c3c2)cc1.c1ccc(-c2nc(-c3ccc4ccccc4c3)nc(-c3ccc(-n4c5ccccc5c5ccccc54)c4ccccc34)n2)cc1. The van der Waals surface area contributed by atoms with Crippen molar-refractivity contribution >= 4 is 119 Å². The molecule has 12 nitrogen and oxygen atoms in total. The van der Waals surface area contributed by atoms with E-state index in [0.717, 1.165) is 138 Å². The van der Waals surface area contributed by atoms with E-state index in [4.69, 9.17) is 51.7 Å². The highest BCUT2D eigenvalue weighted by Gasteiger charge is 2.26. The lowest BCUT2D eigenvalue weighted by Gasteiger charge is -2.16. The highest BCUT2D eigenvalue weighted by atomic mass is 15.1. The van der Waals surface area contributed by atoms with Crippen molar-refractivity contribution in [2.45, 2.75) is 0 Å². The Morgan fingerprint density at radius 1 is 0.134 bits per heavy atom. The van der Waals surface area contributed by atoms with Crippen LogP contribution in [-0.4, -0.2) is 58.6 Å². The van der Waals surface area contributed by atoms with E-state index in [1.54, 1.807) is 0 Å². The zero-order chi connectivity index (χ0) is 103. The van der Waals surface area contributed by atoms with Gasteiger partial charge < -0.3 is 13.7 Å². The zero-order valence-electron chi connectivity index (χ0n) is 85.3. The Labute approximate surface area is 865 Å². The molecule has 6 heterocycles. The van der Waals surface area contributed by atoms with Gasteiger partial charge in [0.1, 0.15) is 0 Å². The molecule has 0 N–H and O–H groups in total. The number of benzene rings is 23. The topological polar surface area (TPSA) is 131 Å². The van der Waals surface area contributed by atoms with Crippen molar-refractivity contribution in [3.05, 3.63) is 534 Å². The second-order valence-electron chi connectivity index (χ2n) is 37.0. The van der Waals surface area contributed by atoms with E-state index in [2.05, 4.69) is 323 Å². The summed E-state index contributed by atoms with van der Waals surface area (Å²) in [6, 6.07) is 173. The Bertz CT molecular complexity index is 10400. The lowest BCUT2D eigenvalue weighted by Crippen LogP contribution is -2.01. The van der Waals surface area contributed by atoms with Crippen LogP contribution in [0.4, 0.5) is 0 Å². The van der Waals surface area contributed by atoms with Crippen molar-refractivity contribution in [1.29, 1.82) is 0 Å². The minimum atomic E-state index is -0.406.